The third kappa shape index (κ3) is 3.18. The number of rotatable bonds is 5. The van der Waals surface area contributed by atoms with Crippen molar-refractivity contribution in [3.05, 3.63) is 11.2 Å². The zero-order chi connectivity index (χ0) is 12.3. The molecule has 0 fully saturated rings. The Bertz CT molecular complexity index is 436. The Morgan fingerprint density at radius 2 is 2.31 bits per heavy atom. The fourth-order valence-corrected chi connectivity index (χ4v) is 2.87. The molecule has 1 aromatic rings. The number of nitrogens with zero attached hydrogens (tertiary/aromatic N) is 2. The maximum Gasteiger partial charge on any atom is 0.259 e. The number of aliphatic hydroxyl groups is 1. The lowest BCUT2D eigenvalue weighted by Crippen LogP contribution is -2.28. The van der Waals surface area contributed by atoms with E-state index in [0.29, 0.717) is 6.42 Å². The van der Waals surface area contributed by atoms with Gasteiger partial charge in [-0.3, -0.25) is 4.68 Å². The molecule has 0 saturated heterocycles. The van der Waals surface area contributed by atoms with Crippen LogP contribution in [0.5, 0.6) is 0 Å². The fourth-order valence-electron chi connectivity index (χ4n) is 1.17. The summed E-state index contributed by atoms with van der Waals surface area (Å²) < 4.78 is 27.1. The van der Waals surface area contributed by atoms with Gasteiger partial charge in [0.05, 0.1) is 17.3 Å². The van der Waals surface area contributed by atoms with Crippen LogP contribution in [0.15, 0.2) is 11.2 Å². The Kier molecular flexibility index (Phi) is 4.31. The summed E-state index contributed by atoms with van der Waals surface area (Å²) >= 11 is 5.72. The zero-order valence-electron chi connectivity index (χ0n) is 9.01. The first-order chi connectivity index (χ1) is 7.34. The number of hydrogen-bond acceptors (Lipinski definition) is 4. The molecule has 6 nitrogen and oxygen atoms in total. The van der Waals surface area contributed by atoms with E-state index < -0.39 is 16.1 Å². The lowest BCUT2D eigenvalue weighted by atomic mass is 10.3. The fraction of sp³-hybridized carbons (Fsp3) is 0.625. The predicted molar refractivity (Wildman–Crippen MR) is 59.7 cm³/mol. The molecule has 0 aliphatic heterocycles. The van der Waals surface area contributed by atoms with E-state index in [9.17, 15) is 8.42 Å². The molecular formula is C8H14ClN3O3S. The molecule has 0 aliphatic carbocycles. The van der Waals surface area contributed by atoms with Crippen LogP contribution >= 0.6 is 11.6 Å². The Balaban J connectivity index is 2.79. The highest BCUT2D eigenvalue weighted by Gasteiger charge is 2.22. The van der Waals surface area contributed by atoms with Crippen LogP contribution in [0.4, 0.5) is 0 Å². The number of halogens is 1. The Morgan fingerprint density at radius 1 is 1.69 bits per heavy atom. The van der Waals surface area contributed by atoms with Gasteiger partial charge in [-0.25, -0.2) is 13.1 Å². The quantitative estimate of drug-likeness (QED) is 0.794. The first-order valence-corrected chi connectivity index (χ1v) is 6.56. The SMILES string of the molecule is CC(O)CCNS(=O)(=O)c1c(Cl)cnn1C. The standard InChI is InChI=1S/C8H14ClN3O3S/c1-6(13)3-4-11-16(14,15)8-7(9)5-10-12(8)2/h5-6,11,13H,3-4H2,1-2H3. The van der Waals surface area contributed by atoms with Crippen molar-refractivity contribution in [2.45, 2.75) is 24.5 Å². The molecule has 0 radical (unpaired) electrons. The van der Waals surface area contributed by atoms with Gasteiger partial charge >= 0.3 is 0 Å². The van der Waals surface area contributed by atoms with Crippen LogP contribution < -0.4 is 4.72 Å². The van der Waals surface area contributed by atoms with E-state index in [1.165, 1.54) is 17.9 Å². The monoisotopic (exact) mass is 267 g/mol. The smallest absolute Gasteiger partial charge is 0.259 e. The maximum absolute atomic E-state index is 11.8. The van der Waals surface area contributed by atoms with Gasteiger partial charge in [0, 0.05) is 13.6 Å². The van der Waals surface area contributed by atoms with E-state index in [1.54, 1.807) is 6.92 Å². The van der Waals surface area contributed by atoms with Gasteiger partial charge in [-0.2, -0.15) is 5.10 Å². The van der Waals surface area contributed by atoms with Gasteiger partial charge in [0.15, 0.2) is 5.03 Å². The highest BCUT2D eigenvalue weighted by Crippen LogP contribution is 2.19. The van der Waals surface area contributed by atoms with E-state index in [2.05, 4.69) is 9.82 Å². The lowest BCUT2D eigenvalue weighted by molar-refractivity contribution is 0.186. The number of aryl methyl sites for hydroxylation is 1. The Labute approximate surface area is 99.3 Å². The van der Waals surface area contributed by atoms with E-state index in [1.807, 2.05) is 0 Å². The summed E-state index contributed by atoms with van der Waals surface area (Å²) in [6, 6.07) is 0. The van der Waals surface area contributed by atoms with Gasteiger partial charge in [0.25, 0.3) is 10.0 Å². The molecule has 1 heterocycles. The third-order valence-electron chi connectivity index (χ3n) is 1.95. The van der Waals surface area contributed by atoms with Crippen LogP contribution in [-0.4, -0.2) is 36.0 Å². The number of aromatic nitrogens is 2. The maximum atomic E-state index is 11.8. The number of nitrogens with one attached hydrogen (secondary N) is 1. The first-order valence-electron chi connectivity index (χ1n) is 4.70. The van der Waals surface area contributed by atoms with Crippen LogP contribution in [0.25, 0.3) is 0 Å². The molecule has 1 atom stereocenters. The summed E-state index contributed by atoms with van der Waals surface area (Å²) in [7, 11) is -2.17. The minimum atomic E-state index is -3.67. The first kappa shape index (κ1) is 13.4. The molecule has 2 N–H and O–H groups in total. The van der Waals surface area contributed by atoms with Gasteiger partial charge in [0.2, 0.25) is 0 Å². The van der Waals surface area contributed by atoms with E-state index in [-0.39, 0.29) is 16.6 Å². The molecule has 16 heavy (non-hydrogen) atoms. The lowest BCUT2D eigenvalue weighted by Gasteiger charge is -2.08. The van der Waals surface area contributed by atoms with Gasteiger partial charge < -0.3 is 5.11 Å². The number of sulfonamides is 1. The summed E-state index contributed by atoms with van der Waals surface area (Å²) in [5, 5.41) is 12.8. The van der Waals surface area contributed by atoms with Crippen LogP contribution in [0.2, 0.25) is 5.02 Å². The molecular weight excluding hydrogens is 254 g/mol. The van der Waals surface area contributed by atoms with Crippen LogP contribution in [0, 0.1) is 0 Å². The predicted octanol–water partition coefficient (Wildman–Crippen LogP) is 0.123. The molecule has 0 amide bonds. The van der Waals surface area contributed by atoms with Crippen LogP contribution in [0.1, 0.15) is 13.3 Å². The second-order valence-corrected chi connectivity index (χ2v) is 5.55. The minimum Gasteiger partial charge on any atom is -0.393 e. The van der Waals surface area contributed by atoms with E-state index in [4.69, 9.17) is 16.7 Å². The van der Waals surface area contributed by atoms with Crippen LogP contribution in [-0.2, 0) is 17.1 Å². The van der Waals surface area contributed by atoms with Crippen molar-refractivity contribution < 1.29 is 13.5 Å². The normalized spacial score (nSPS) is 14.0. The Morgan fingerprint density at radius 3 is 2.75 bits per heavy atom. The average molecular weight is 268 g/mol. The van der Waals surface area contributed by atoms with Crippen molar-refractivity contribution in [3.63, 3.8) is 0 Å². The molecule has 0 aliphatic rings. The van der Waals surface area contributed by atoms with Crippen molar-refractivity contribution in [3.8, 4) is 0 Å². The molecule has 0 aromatic carbocycles. The number of aliphatic hydroxyl groups excluding tert-OH is 1. The van der Waals surface area contributed by atoms with E-state index >= 15 is 0 Å². The zero-order valence-corrected chi connectivity index (χ0v) is 10.6. The third-order valence-corrected chi connectivity index (χ3v) is 3.92. The van der Waals surface area contributed by atoms with Crippen molar-refractivity contribution in [2.24, 2.45) is 7.05 Å². The molecule has 1 aromatic heterocycles. The van der Waals surface area contributed by atoms with Crippen LogP contribution in [0.3, 0.4) is 0 Å². The van der Waals surface area contributed by atoms with Gasteiger partial charge in [-0.15, -0.1) is 0 Å². The second-order valence-electron chi connectivity index (χ2n) is 3.46. The molecule has 0 bridgehead atoms. The summed E-state index contributed by atoms with van der Waals surface area (Å²) in [5.74, 6) is 0. The van der Waals surface area contributed by atoms with Crippen molar-refractivity contribution in [2.75, 3.05) is 6.54 Å². The summed E-state index contributed by atoms with van der Waals surface area (Å²) in [6.07, 6.45) is 1.06. The molecule has 1 unspecified atom stereocenters. The topological polar surface area (TPSA) is 84.2 Å². The van der Waals surface area contributed by atoms with Crippen molar-refractivity contribution in [1.82, 2.24) is 14.5 Å². The summed E-state index contributed by atoms with van der Waals surface area (Å²) in [5.41, 5.74) is 0. The molecule has 0 saturated carbocycles. The minimum absolute atomic E-state index is 0.0697. The number of hydrogen-bond donors (Lipinski definition) is 2. The molecule has 0 spiro atoms. The average Bonchev–Trinajstić information content (AvgIpc) is 2.45. The summed E-state index contributed by atoms with van der Waals surface area (Å²) in [4.78, 5) is 0. The van der Waals surface area contributed by atoms with Gasteiger partial charge in [0.1, 0.15) is 0 Å². The van der Waals surface area contributed by atoms with Crippen molar-refractivity contribution in [1.29, 1.82) is 0 Å². The molecule has 92 valence electrons. The highest BCUT2D eigenvalue weighted by atomic mass is 35.5. The largest absolute Gasteiger partial charge is 0.393 e. The molecule has 8 heteroatoms. The second kappa shape index (κ2) is 5.13. The summed E-state index contributed by atoms with van der Waals surface area (Å²) in [6.45, 7) is 1.74. The Hall–Kier alpha value is -0.630. The highest BCUT2D eigenvalue weighted by molar-refractivity contribution is 7.89. The molecule has 1 rings (SSSR count). The van der Waals surface area contributed by atoms with E-state index in [0.717, 1.165) is 0 Å². The van der Waals surface area contributed by atoms with Gasteiger partial charge in [-0.1, -0.05) is 11.6 Å². The van der Waals surface area contributed by atoms with Crippen molar-refractivity contribution >= 4 is 21.6 Å². The van der Waals surface area contributed by atoms with Gasteiger partial charge in [-0.05, 0) is 13.3 Å².